The second-order valence-corrected chi connectivity index (χ2v) is 7.31. The Balaban J connectivity index is 2.37. The minimum atomic E-state index is -0.445. The van der Waals surface area contributed by atoms with Crippen LogP contribution in [0.15, 0.2) is 29.2 Å². The fourth-order valence-corrected chi connectivity index (χ4v) is 3.22. The topological polar surface area (TPSA) is 86.1 Å². The van der Waals surface area contributed by atoms with Crippen molar-refractivity contribution in [2.75, 3.05) is 4.90 Å². The van der Waals surface area contributed by atoms with Crippen molar-refractivity contribution in [1.29, 1.82) is 5.26 Å². The number of carbonyl (C=O) groups is 2. The normalized spacial score (nSPS) is 11.2. The van der Waals surface area contributed by atoms with Crippen LogP contribution in [0.1, 0.15) is 37.6 Å². The first-order chi connectivity index (χ1) is 12.7. The Morgan fingerprint density at radius 3 is 2.56 bits per heavy atom. The van der Waals surface area contributed by atoms with Crippen molar-refractivity contribution in [1.82, 2.24) is 10.3 Å². The van der Waals surface area contributed by atoms with E-state index < -0.39 is 5.91 Å². The Bertz CT molecular complexity index is 938. The summed E-state index contributed by atoms with van der Waals surface area (Å²) in [7, 11) is 0. The van der Waals surface area contributed by atoms with Crippen molar-refractivity contribution >= 4 is 40.0 Å². The molecule has 0 bridgehead atoms. The number of anilines is 2. The Morgan fingerprint density at radius 1 is 1.30 bits per heavy atom. The monoisotopic (exact) mass is 382 g/mol. The van der Waals surface area contributed by atoms with E-state index in [1.165, 1.54) is 29.2 Å². The lowest BCUT2D eigenvalue weighted by Gasteiger charge is -2.19. The van der Waals surface area contributed by atoms with Gasteiger partial charge in [-0.15, -0.1) is 11.3 Å². The van der Waals surface area contributed by atoms with Crippen molar-refractivity contribution in [3.05, 3.63) is 46.0 Å². The first kappa shape index (κ1) is 20.3. The number of hydrogen-bond acceptors (Lipinski definition) is 5. The molecule has 0 saturated carbocycles. The number of nitrogens with one attached hydrogen (secondary N) is 1. The molecule has 0 fully saturated rings. The van der Waals surface area contributed by atoms with Crippen LogP contribution < -0.4 is 10.2 Å². The number of thiazole rings is 1. The summed E-state index contributed by atoms with van der Waals surface area (Å²) in [5.41, 5.74) is 3.38. The van der Waals surface area contributed by atoms with Crippen molar-refractivity contribution in [3.63, 3.8) is 0 Å². The maximum absolute atomic E-state index is 12.2. The largest absolute Gasteiger partial charge is 0.349 e. The molecule has 1 N–H and O–H groups in total. The molecule has 2 aromatic rings. The van der Waals surface area contributed by atoms with Gasteiger partial charge in [0.1, 0.15) is 11.6 Å². The molecule has 6 nitrogen and oxygen atoms in total. The Labute approximate surface area is 163 Å². The lowest BCUT2D eigenvalue weighted by Crippen LogP contribution is -2.30. The summed E-state index contributed by atoms with van der Waals surface area (Å²) in [6.45, 7) is 9.11. The second kappa shape index (κ2) is 8.60. The predicted molar refractivity (Wildman–Crippen MR) is 108 cm³/mol. The van der Waals surface area contributed by atoms with Crippen LogP contribution in [0, 0.1) is 25.2 Å². The first-order valence-electron chi connectivity index (χ1n) is 8.49. The lowest BCUT2D eigenvalue weighted by atomic mass is 10.1. The van der Waals surface area contributed by atoms with Gasteiger partial charge in [0.15, 0.2) is 5.13 Å². The van der Waals surface area contributed by atoms with Gasteiger partial charge in [0, 0.05) is 18.3 Å². The number of carbonyl (C=O) groups excluding carboxylic acids is 2. The fraction of sp³-hybridized carbons (Fsp3) is 0.300. The van der Waals surface area contributed by atoms with E-state index in [9.17, 15) is 14.9 Å². The van der Waals surface area contributed by atoms with Gasteiger partial charge in [0.25, 0.3) is 5.91 Å². The summed E-state index contributed by atoms with van der Waals surface area (Å²) in [4.78, 5) is 30.2. The third kappa shape index (κ3) is 5.02. The molecular weight excluding hydrogens is 360 g/mol. The van der Waals surface area contributed by atoms with Crippen LogP contribution >= 0.6 is 11.3 Å². The molecular formula is C20H22N4O2S. The van der Waals surface area contributed by atoms with Gasteiger partial charge in [0.2, 0.25) is 5.91 Å². The Morgan fingerprint density at radius 2 is 2.00 bits per heavy atom. The van der Waals surface area contributed by atoms with Gasteiger partial charge in [0.05, 0.1) is 11.4 Å². The molecule has 0 radical (unpaired) electrons. The zero-order valence-electron chi connectivity index (χ0n) is 16.0. The van der Waals surface area contributed by atoms with Gasteiger partial charge in [-0.25, -0.2) is 4.98 Å². The maximum Gasteiger partial charge on any atom is 0.262 e. The molecule has 0 atom stereocenters. The van der Waals surface area contributed by atoms with Crippen LogP contribution in [0.4, 0.5) is 10.8 Å². The SMILES string of the molecule is CC(=O)N(c1ccc(C)c(C)c1)c1nc(/C=C(\C#N)C(=O)NC(C)C)cs1. The molecule has 1 heterocycles. The highest BCUT2D eigenvalue weighted by atomic mass is 32.1. The number of aromatic nitrogens is 1. The van der Waals surface area contributed by atoms with Gasteiger partial charge < -0.3 is 5.32 Å². The Kier molecular flexibility index (Phi) is 6.48. The van der Waals surface area contributed by atoms with Crippen molar-refractivity contribution in [2.45, 2.75) is 40.7 Å². The highest BCUT2D eigenvalue weighted by molar-refractivity contribution is 7.14. The number of amides is 2. The predicted octanol–water partition coefficient (Wildman–Crippen LogP) is 3.88. The van der Waals surface area contributed by atoms with Crippen LogP contribution in [0.3, 0.4) is 0 Å². The van der Waals surface area contributed by atoms with E-state index in [2.05, 4.69) is 10.3 Å². The van der Waals surface area contributed by atoms with E-state index in [0.29, 0.717) is 10.8 Å². The number of aryl methyl sites for hydroxylation is 2. The molecule has 140 valence electrons. The van der Waals surface area contributed by atoms with E-state index in [1.54, 1.807) is 5.38 Å². The van der Waals surface area contributed by atoms with E-state index in [1.807, 2.05) is 52.0 Å². The van der Waals surface area contributed by atoms with Crippen molar-refractivity contribution in [2.24, 2.45) is 0 Å². The van der Waals surface area contributed by atoms with Gasteiger partial charge >= 0.3 is 0 Å². The minimum Gasteiger partial charge on any atom is -0.349 e. The Hall–Kier alpha value is -2.98. The highest BCUT2D eigenvalue weighted by Crippen LogP contribution is 2.30. The maximum atomic E-state index is 12.2. The quantitative estimate of drug-likeness (QED) is 0.628. The van der Waals surface area contributed by atoms with Gasteiger partial charge in [-0.1, -0.05) is 6.07 Å². The molecule has 0 unspecified atom stereocenters. The van der Waals surface area contributed by atoms with E-state index in [-0.39, 0.29) is 17.5 Å². The molecule has 0 aliphatic heterocycles. The first-order valence-corrected chi connectivity index (χ1v) is 9.37. The third-order valence-corrected chi connectivity index (χ3v) is 4.69. The number of nitriles is 1. The molecule has 0 saturated heterocycles. The third-order valence-electron chi connectivity index (χ3n) is 3.84. The zero-order chi connectivity index (χ0) is 20.1. The molecule has 0 spiro atoms. The van der Waals surface area contributed by atoms with Crippen LogP contribution in [-0.4, -0.2) is 22.8 Å². The van der Waals surface area contributed by atoms with Crippen LogP contribution in [0.5, 0.6) is 0 Å². The molecule has 1 aromatic carbocycles. The standard InChI is InChI=1S/C20H22N4O2S/c1-12(2)22-19(26)16(10-21)9-17-11-27-20(23-17)24(15(5)25)18-7-6-13(3)14(4)8-18/h6-9,11-12H,1-5H3,(H,22,26)/b16-9+. The number of benzene rings is 1. The summed E-state index contributed by atoms with van der Waals surface area (Å²) < 4.78 is 0. The molecule has 0 aliphatic rings. The van der Waals surface area contributed by atoms with Gasteiger partial charge in [-0.3, -0.25) is 14.5 Å². The van der Waals surface area contributed by atoms with Gasteiger partial charge in [-0.05, 0) is 57.0 Å². The van der Waals surface area contributed by atoms with Crippen LogP contribution in [-0.2, 0) is 9.59 Å². The molecule has 7 heteroatoms. The number of hydrogen-bond donors (Lipinski definition) is 1. The minimum absolute atomic E-state index is 0.0268. The second-order valence-electron chi connectivity index (χ2n) is 6.48. The van der Waals surface area contributed by atoms with Gasteiger partial charge in [-0.2, -0.15) is 5.26 Å². The summed E-state index contributed by atoms with van der Waals surface area (Å²) in [6, 6.07) is 7.59. The lowest BCUT2D eigenvalue weighted by molar-refractivity contribution is -0.117. The van der Waals surface area contributed by atoms with Crippen LogP contribution in [0.2, 0.25) is 0 Å². The molecule has 1 aromatic heterocycles. The number of nitrogens with zero attached hydrogens (tertiary/aromatic N) is 3. The zero-order valence-corrected chi connectivity index (χ0v) is 16.8. The van der Waals surface area contributed by atoms with Crippen molar-refractivity contribution in [3.8, 4) is 6.07 Å². The average molecular weight is 382 g/mol. The molecule has 27 heavy (non-hydrogen) atoms. The number of rotatable bonds is 5. The average Bonchev–Trinajstić information content (AvgIpc) is 3.03. The molecule has 2 rings (SSSR count). The van der Waals surface area contributed by atoms with Crippen molar-refractivity contribution < 1.29 is 9.59 Å². The summed E-state index contributed by atoms with van der Waals surface area (Å²) >= 11 is 1.28. The summed E-state index contributed by atoms with van der Waals surface area (Å²) in [6.07, 6.45) is 1.43. The molecule has 0 aliphatic carbocycles. The van der Waals surface area contributed by atoms with Crippen LogP contribution in [0.25, 0.3) is 6.08 Å². The van der Waals surface area contributed by atoms with E-state index >= 15 is 0 Å². The van der Waals surface area contributed by atoms with E-state index in [0.717, 1.165) is 16.8 Å². The van der Waals surface area contributed by atoms with E-state index in [4.69, 9.17) is 0 Å². The fourth-order valence-electron chi connectivity index (χ4n) is 2.37. The highest BCUT2D eigenvalue weighted by Gasteiger charge is 2.19. The summed E-state index contributed by atoms with van der Waals surface area (Å²) in [5, 5.41) is 14.1. The smallest absolute Gasteiger partial charge is 0.262 e. The summed E-state index contributed by atoms with van der Waals surface area (Å²) in [5.74, 6) is -0.610. The molecule has 2 amide bonds.